The number of hydrogen-bond donors (Lipinski definition) is 1. The number of fused-ring (bicyclic) bond motifs is 2. The molecule has 0 unspecified atom stereocenters. The fourth-order valence-corrected chi connectivity index (χ4v) is 4.76. The molecule has 7 nitrogen and oxygen atoms in total. The van der Waals surface area contributed by atoms with Crippen molar-refractivity contribution in [2.75, 3.05) is 19.2 Å². The van der Waals surface area contributed by atoms with Crippen molar-refractivity contribution in [1.82, 2.24) is 9.88 Å². The summed E-state index contributed by atoms with van der Waals surface area (Å²) >= 11 is 1.38. The van der Waals surface area contributed by atoms with Gasteiger partial charge in [-0.2, -0.15) is 0 Å². The number of nitrogens with one attached hydrogen (secondary N) is 1. The summed E-state index contributed by atoms with van der Waals surface area (Å²) in [4.78, 5) is 32.5. The van der Waals surface area contributed by atoms with Gasteiger partial charge in [-0.3, -0.25) is 9.59 Å². The van der Waals surface area contributed by atoms with E-state index in [1.54, 1.807) is 18.0 Å². The summed E-state index contributed by atoms with van der Waals surface area (Å²) in [6.07, 6.45) is 0. The highest BCUT2D eigenvalue weighted by Crippen LogP contribution is 2.45. The minimum atomic E-state index is -0.603. The molecule has 152 valence electrons. The lowest BCUT2D eigenvalue weighted by Gasteiger charge is -2.39. The Morgan fingerprint density at radius 3 is 2.80 bits per heavy atom. The number of rotatable bonds is 3. The molecule has 0 spiro atoms. The summed E-state index contributed by atoms with van der Waals surface area (Å²) in [7, 11) is 1.72. The van der Waals surface area contributed by atoms with Crippen LogP contribution in [0.3, 0.4) is 0 Å². The maximum atomic E-state index is 13.5. The molecule has 2 amide bonds. The number of anilines is 1. The predicted octanol–water partition coefficient (Wildman–Crippen LogP) is 3.73. The fourth-order valence-electron chi connectivity index (χ4n) is 4.07. The van der Waals surface area contributed by atoms with Gasteiger partial charge in [-0.1, -0.05) is 24.3 Å². The van der Waals surface area contributed by atoms with Gasteiger partial charge in [0, 0.05) is 18.0 Å². The van der Waals surface area contributed by atoms with E-state index in [9.17, 15) is 9.59 Å². The molecule has 0 radical (unpaired) electrons. The summed E-state index contributed by atoms with van der Waals surface area (Å²) in [5, 5.41) is 5.36. The maximum absolute atomic E-state index is 13.5. The van der Waals surface area contributed by atoms with Gasteiger partial charge in [-0.05, 0) is 36.2 Å². The van der Waals surface area contributed by atoms with Crippen molar-refractivity contribution >= 4 is 28.3 Å². The lowest BCUT2D eigenvalue weighted by atomic mass is 9.79. The molecule has 8 heteroatoms. The molecule has 3 aromatic rings. The number of hydrogen-bond acceptors (Lipinski definition) is 6. The summed E-state index contributed by atoms with van der Waals surface area (Å²) in [5.41, 5.74) is 2.89. The van der Waals surface area contributed by atoms with Gasteiger partial charge in [0.2, 0.25) is 12.7 Å². The molecule has 2 aromatic carbocycles. The Kier molecular flexibility index (Phi) is 4.43. The van der Waals surface area contributed by atoms with Crippen molar-refractivity contribution in [3.63, 3.8) is 0 Å². The zero-order valence-electron chi connectivity index (χ0n) is 16.4. The molecule has 3 heterocycles. The van der Waals surface area contributed by atoms with Gasteiger partial charge in [0.25, 0.3) is 5.91 Å². The number of ether oxygens (including phenoxy) is 2. The number of likely N-dealkylation sites (N-methyl/N-ethyl adjacent to an activating group) is 1. The van der Waals surface area contributed by atoms with Crippen LogP contribution in [-0.2, 0) is 4.79 Å². The third-order valence-electron chi connectivity index (χ3n) is 5.45. The maximum Gasteiger partial charge on any atom is 0.254 e. The first kappa shape index (κ1) is 18.6. The van der Waals surface area contributed by atoms with E-state index < -0.39 is 12.0 Å². The Morgan fingerprint density at radius 2 is 2.00 bits per heavy atom. The number of nitrogens with zero attached hydrogens (tertiary/aromatic N) is 2. The quantitative estimate of drug-likeness (QED) is 0.697. The van der Waals surface area contributed by atoms with Crippen molar-refractivity contribution in [3.05, 3.63) is 70.2 Å². The van der Waals surface area contributed by atoms with Crippen molar-refractivity contribution in [3.8, 4) is 11.5 Å². The van der Waals surface area contributed by atoms with Gasteiger partial charge in [0.15, 0.2) is 16.6 Å². The molecule has 0 fully saturated rings. The van der Waals surface area contributed by atoms with Gasteiger partial charge < -0.3 is 19.7 Å². The number of carbonyl (C=O) groups is 2. The van der Waals surface area contributed by atoms with Gasteiger partial charge in [0.05, 0.1) is 17.7 Å². The molecule has 2 aliphatic rings. The van der Waals surface area contributed by atoms with E-state index in [4.69, 9.17) is 9.47 Å². The zero-order valence-corrected chi connectivity index (χ0v) is 17.2. The number of aryl methyl sites for hydroxylation is 1. The zero-order chi connectivity index (χ0) is 20.8. The average molecular weight is 421 g/mol. The Balaban J connectivity index is 1.61. The normalized spacial score (nSPS) is 19.5. The van der Waals surface area contributed by atoms with Crippen LogP contribution in [0.15, 0.2) is 47.8 Å². The molecule has 0 aliphatic carbocycles. The topological polar surface area (TPSA) is 80.8 Å². The van der Waals surface area contributed by atoms with E-state index >= 15 is 0 Å². The van der Waals surface area contributed by atoms with E-state index in [0.29, 0.717) is 27.8 Å². The molecule has 30 heavy (non-hydrogen) atoms. The average Bonchev–Trinajstić information content (AvgIpc) is 3.38. The van der Waals surface area contributed by atoms with Gasteiger partial charge in [-0.15, -0.1) is 11.3 Å². The monoisotopic (exact) mass is 421 g/mol. The lowest BCUT2D eigenvalue weighted by Crippen LogP contribution is -2.44. The number of carbonyl (C=O) groups excluding carboxylic acids is 2. The first-order valence-electron chi connectivity index (χ1n) is 9.51. The van der Waals surface area contributed by atoms with Gasteiger partial charge in [0.1, 0.15) is 0 Å². The van der Waals surface area contributed by atoms with E-state index in [1.807, 2.05) is 48.7 Å². The predicted molar refractivity (Wildman–Crippen MR) is 112 cm³/mol. The Hall–Kier alpha value is -3.39. The highest BCUT2D eigenvalue weighted by atomic mass is 32.1. The minimum Gasteiger partial charge on any atom is -0.454 e. The Morgan fingerprint density at radius 1 is 1.20 bits per heavy atom. The molecule has 2 atom stereocenters. The van der Waals surface area contributed by atoms with E-state index in [1.165, 1.54) is 11.3 Å². The van der Waals surface area contributed by atoms with Crippen LogP contribution in [0.2, 0.25) is 0 Å². The number of benzene rings is 2. The van der Waals surface area contributed by atoms with Crippen LogP contribution in [0.4, 0.5) is 5.13 Å². The van der Waals surface area contributed by atoms with Crippen LogP contribution in [0.1, 0.15) is 39.1 Å². The van der Waals surface area contributed by atoms with Crippen molar-refractivity contribution in [1.29, 1.82) is 0 Å². The van der Waals surface area contributed by atoms with Crippen LogP contribution in [0.25, 0.3) is 0 Å². The van der Waals surface area contributed by atoms with Gasteiger partial charge >= 0.3 is 0 Å². The van der Waals surface area contributed by atoms with E-state index in [0.717, 1.165) is 11.3 Å². The minimum absolute atomic E-state index is 0.123. The molecule has 2 aliphatic heterocycles. The first-order valence-corrected chi connectivity index (χ1v) is 10.4. The SMILES string of the molecule is Cc1csc(NC(=O)[C@H]2c3ccccc3C(=O)N(C)[C@@H]2c2ccc3c(c2)OCO3)n1. The molecule has 0 saturated heterocycles. The fraction of sp³-hybridized carbons (Fsp3) is 0.227. The molecular formula is C22H19N3O4S. The second-order valence-corrected chi connectivity index (χ2v) is 8.18. The molecule has 0 saturated carbocycles. The highest BCUT2D eigenvalue weighted by molar-refractivity contribution is 7.13. The second-order valence-electron chi connectivity index (χ2n) is 7.32. The van der Waals surface area contributed by atoms with E-state index in [2.05, 4.69) is 10.3 Å². The van der Waals surface area contributed by atoms with Crippen LogP contribution < -0.4 is 14.8 Å². The lowest BCUT2D eigenvalue weighted by molar-refractivity contribution is -0.119. The van der Waals surface area contributed by atoms with Crippen molar-refractivity contribution in [2.24, 2.45) is 0 Å². The van der Waals surface area contributed by atoms with Crippen LogP contribution in [0, 0.1) is 6.92 Å². The van der Waals surface area contributed by atoms with Gasteiger partial charge in [-0.25, -0.2) is 4.98 Å². The number of amides is 2. The molecule has 1 aromatic heterocycles. The second kappa shape index (κ2) is 7.14. The van der Waals surface area contributed by atoms with Crippen LogP contribution in [0.5, 0.6) is 11.5 Å². The molecular weight excluding hydrogens is 402 g/mol. The summed E-state index contributed by atoms with van der Waals surface area (Å²) in [5.74, 6) is 0.333. The summed E-state index contributed by atoms with van der Waals surface area (Å²) < 4.78 is 10.9. The Labute approximate surface area is 177 Å². The third-order valence-corrected chi connectivity index (χ3v) is 6.32. The largest absolute Gasteiger partial charge is 0.454 e. The number of thiazole rings is 1. The molecule has 5 rings (SSSR count). The Bertz CT molecular complexity index is 1160. The van der Waals surface area contributed by atoms with Crippen LogP contribution >= 0.6 is 11.3 Å². The molecule has 0 bridgehead atoms. The smallest absolute Gasteiger partial charge is 0.254 e. The summed E-state index contributed by atoms with van der Waals surface area (Å²) in [6.45, 7) is 2.04. The van der Waals surface area contributed by atoms with Crippen LogP contribution in [-0.4, -0.2) is 35.5 Å². The van der Waals surface area contributed by atoms with E-state index in [-0.39, 0.29) is 18.6 Å². The van der Waals surface area contributed by atoms with Crippen molar-refractivity contribution < 1.29 is 19.1 Å². The first-order chi connectivity index (χ1) is 14.5. The summed E-state index contributed by atoms with van der Waals surface area (Å²) in [6, 6.07) is 12.3. The molecule has 1 N–H and O–H groups in total. The highest BCUT2D eigenvalue weighted by Gasteiger charge is 2.43. The third kappa shape index (κ3) is 3.00. The van der Waals surface area contributed by atoms with Crippen molar-refractivity contribution in [2.45, 2.75) is 18.9 Å². The standard InChI is InChI=1S/C22H19N3O4S/c1-12-10-30-22(23-12)24-20(26)18-14-5-3-4-6-15(14)21(27)25(2)19(18)13-7-8-16-17(9-13)29-11-28-16/h3-10,18-19H,11H2,1-2H3,(H,23,24,26)/t18-,19+/m0/s1. The number of aromatic nitrogens is 1.